The van der Waals surface area contributed by atoms with Crippen LogP contribution in [0.2, 0.25) is 0 Å². The van der Waals surface area contributed by atoms with Gasteiger partial charge >= 0.3 is 0 Å². The molecule has 0 radical (unpaired) electrons. The van der Waals surface area contributed by atoms with Crippen LogP contribution in [0.15, 0.2) is 48.7 Å². The van der Waals surface area contributed by atoms with Crippen LogP contribution >= 0.6 is 23.9 Å². The molecular weight excluding hydrogens is 328 g/mol. The minimum atomic E-state index is 0. The molecular formula is C18H21ClN2OS. The Morgan fingerprint density at radius 2 is 1.96 bits per heavy atom. The van der Waals surface area contributed by atoms with E-state index >= 15 is 0 Å². The van der Waals surface area contributed by atoms with Gasteiger partial charge in [0.25, 0.3) is 0 Å². The molecule has 1 aromatic heterocycles. The van der Waals surface area contributed by atoms with Crippen molar-refractivity contribution in [1.82, 2.24) is 9.69 Å². The lowest BCUT2D eigenvalue weighted by molar-refractivity contribution is 0.197. The summed E-state index contributed by atoms with van der Waals surface area (Å²) < 4.78 is 11.9. The van der Waals surface area contributed by atoms with Crippen molar-refractivity contribution in [1.29, 1.82) is 0 Å². The lowest BCUT2D eigenvalue weighted by Gasteiger charge is -2.20. The minimum Gasteiger partial charge on any atom is -0.485 e. The number of aryl methyl sites for hydroxylation is 1. The van der Waals surface area contributed by atoms with Gasteiger partial charge in [0, 0.05) is 6.42 Å². The Hall–Kier alpha value is -1.62. The lowest BCUT2D eigenvalue weighted by atomic mass is 10.1. The number of halogens is 1. The number of nitrogens with zero attached hydrogens (tertiary/aromatic N) is 1. The van der Waals surface area contributed by atoms with E-state index < -0.39 is 0 Å². The van der Waals surface area contributed by atoms with Gasteiger partial charge in [-0.15, -0.1) is 12.4 Å². The first-order valence-electron chi connectivity index (χ1n) is 7.50. The van der Waals surface area contributed by atoms with Crippen LogP contribution < -0.4 is 10.1 Å². The standard InChI is InChI=1S/C18H20N2OS.ClH/c1-13-8-9-17(15-12-20-22-18(13)15)21-16(10-11-19-2)14-6-4-3-5-7-14;/h3-9,12,16,19H,10-11H2,1-2H3;1H/t16-;/m0./s1. The Morgan fingerprint density at radius 3 is 2.70 bits per heavy atom. The van der Waals surface area contributed by atoms with Crippen molar-refractivity contribution < 1.29 is 4.74 Å². The van der Waals surface area contributed by atoms with Crippen LogP contribution in [0.3, 0.4) is 0 Å². The highest BCUT2D eigenvalue weighted by atomic mass is 35.5. The maximum atomic E-state index is 6.36. The summed E-state index contributed by atoms with van der Waals surface area (Å²) in [6.45, 7) is 3.02. The molecule has 0 fully saturated rings. The fourth-order valence-corrected chi connectivity index (χ4v) is 3.29. The van der Waals surface area contributed by atoms with Crippen molar-refractivity contribution >= 4 is 34.0 Å². The van der Waals surface area contributed by atoms with E-state index in [0.717, 1.165) is 24.1 Å². The third-order valence-corrected chi connectivity index (χ3v) is 4.71. The molecule has 1 atom stereocenters. The van der Waals surface area contributed by atoms with Gasteiger partial charge in [-0.25, -0.2) is 0 Å². The van der Waals surface area contributed by atoms with Crippen molar-refractivity contribution in [3.8, 4) is 5.75 Å². The van der Waals surface area contributed by atoms with Crippen molar-refractivity contribution in [2.24, 2.45) is 0 Å². The number of nitrogens with one attached hydrogen (secondary N) is 1. The van der Waals surface area contributed by atoms with Crippen LogP contribution in [0.25, 0.3) is 10.1 Å². The number of hydrogen-bond acceptors (Lipinski definition) is 4. The highest BCUT2D eigenvalue weighted by Gasteiger charge is 2.15. The van der Waals surface area contributed by atoms with Gasteiger partial charge in [0.1, 0.15) is 11.9 Å². The molecule has 3 rings (SSSR count). The molecule has 5 heteroatoms. The molecule has 3 nitrogen and oxygen atoms in total. The van der Waals surface area contributed by atoms with Crippen molar-refractivity contribution in [2.45, 2.75) is 19.4 Å². The Balaban J connectivity index is 0.00000192. The van der Waals surface area contributed by atoms with Crippen LogP contribution in [0.1, 0.15) is 23.7 Å². The second kappa shape index (κ2) is 8.29. The topological polar surface area (TPSA) is 34.1 Å². The molecule has 122 valence electrons. The zero-order valence-corrected chi connectivity index (χ0v) is 14.9. The van der Waals surface area contributed by atoms with Gasteiger partial charge in [0.15, 0.2) is 0 Å². The van der Waals surface area contributed by atoms with Gasteiger partial charge in [-0.05, 0) is 49.2 Å². The number of rotatable bonds is 6. The van der Waals surface area contributed by atoms with E-state index in [-0.39, 0.29) is 18.5 Å². The van der Waals surface area contributed by atoms with Gasteiger partial charge in [0.05, 0.1) is 16.3 Å². The van der Waals surface area contributed by atoms with Crippen LogP contribution in [0.5, 0.6) is 5.75 Å². The largest absolute Gasteiger partial charge is 0.485 e. The zero-order valence-electron chi connectivity index (χ0n) is 13.3. The smallest absolute Gasteiger partial charge is 0.130 e. The normalized spacial score (nSPS) is 11.9. The average molecular weight is 349 g/mol. The van der Waals surface area contributed by atoms with Crippen molar-refractivity contribution in [2.75, 3.05) is 13.6 Å². The highest BCUT2D eigenvalue weighted by Crippen LogP contribution is 2.34. The van der Waals surface area contributed by atoms with Crippen LogP contribution in [0.4, 0.5) is 0 Å². The van der Waals surface area contributed by atoms with Crippen LogP contribution in [-0.4, -0.2) is 18.0 Å². The van der Waals surface area contributed by atoms with Crippen molar-refractivity contribution in [3.63, 3.8) is 0 Å². The predicted molar refractivity (Wildman–Crippen MR) is 100.0 cm³/mol. The number of hydrogen-bond donors (Lipinski definition) is 1. The molecule has 0 saturated heterocycles. The number of aromatic nitrogens is 1. The summed E-state index contributed by atoms with van der Waals surface area (Å²) in [4.78, 5) is 0. The predicted octanol–water partition coefficient (Wildman–Crippen LogP) is 4.76. The molecule has 1 heterocycles. The lowest BCUT2D eigenvalue weighted by Crippen LogP contribution is -2.16. The molecule has 0 amide bonds. The van der Waals surface area contributed by atoms with Gasteiger partial charge in [-0.2, -0.15) is 4.37 Å². The summed E-state index contributed by atoms with van der Waals surface area (Å²) in [6, 6.07) is 14.6. The second-order valence-electron chi connectivity index (χ2n) is 5.36. The second-order valence-corrected chi connectivity index (χ2v) is 6.16. The summed E-state index contributed by atoms with van der Waals surface area (Å²) in [5.41, 5.74) is 2.45. The number of ether oxygens (including phenoxy) is 1. The molecule has 0 saturated carbocycles. The van der Waals surface area contributed by atoms with E-state index in [1.54, 1.807) is 0 Å². The molecule has 0 aliphatic carbocycles. The summed E-state index contributed by atoms with van der Waals surface area (Å²) >= 11 is 1.53. The van der Waals surface area contributed by atoms with E-state index in [9.17, 15) is 0 Å². The van der Waals surface area contributed by atoms with E-state index in [1.807, 2.05) is 19.3 Å². The van der Waals surface area contributed by atoms with Gasteiger partial charge in [-0.1, -0.05) is 36.4 Å². The average Bonchev–Trinajstić information content (AvgIpc) is 3.05. The van der Waals surface area contributed by atoms with E-state index in [2.05, 4.69) is 53.0 Å². The molecule has 0 spiro atoms. The van der Waals surface area contributed by atoms with E-state index in [0.29, 0.717) is 0 Å². The zero-order chi connectivity index (χ0) is 15.4. The maximum absolute atomic E-state index is 6.36. The van der Waals surface area contributed by atoms with Gasteiger partial charge < -0.3 is 10.1 Å². The van der Waals surface area contributed by atoms with Gasteiger partial charge in [-0.3, -0.25) is 0 Å². The Kier molecular flexibility index (Phi) is 6.39. The summed E-state index contributed by atoms with van der Waals surface area (Å²) in [7, 11) is 1.97. The molecule has 0 bridgehead atoms. The third kappa shape index (κ3) is 4.02. The SMILES string of the molecule is CNCC[C@H](Oc1ccc(C)c2sncc12)c1ccccc1.Cl. The van der Waals surface area contributed by atoms with Crippen LogP contribution in [-0.2, 0) is 0 Å². The highest BCUT2D eigenvalue weighted by molar-refractivity contribution is 7.13. The van der Waals surface area contributed by atoms with E-state index in [4.69, 9.17) is 4.74 Å². The first-order valence-corrected chi connectivity index (χ1v) is 8.27. The Labute approximate surface area is 147 Å². The quantitative estimate of drug-likeness (QED) is 0.697. The third-order valence-electron chi connectivity index (χ3n) is 3.78. The Bertz CT molecular complexity index is 745. The summed E-state index contributed by atoms with van der Waals surface area (Å²) in [6.07, 6.45) is 2.87. The number of fused-ring (bicyclic) bond motifs is 1. The molecule has 0 aliphatic heterocycles. The van der Waals surface area contributed by atoms with Gasteiger partial charge in [0.2, 0.25) is 0 Å². The molecule has 1 N–H and O–H groups in total. The summed E-state index contributed by atoms with van der Waals surface area (Å²) in [5, 5.41) is 4.31. The maximum Gasteiger partial charge on any atom is 0.130 e. The monoisotopic (exact) mass is 348 g/mol. The molecule has 23 heavy (non-hydrogen) atoms. The molecule has 3 aromatic rings. The first kappa shape index (κ1) is 17.7. The molecule has 0 aliphatic rings. The minimum absolute atomic E-state index is 0. The number of benzene rings is 2. The molecule has 2 aromatic carbocycles. The first-order chi connectivity index (χ1) is 10.8. The molecule has 0 unspecified atom stereocenters. The van der Waals surface area contributed by atoms with Crippen molar-refractivity contribution in [3.05, 3.63) is 59.8 Å². The van der Waals surface area contributed by atoms with E-state index in [1.165, 1.54) is 27.4 Å². The fourth-order valence-electron chi connectivity index (χ4n) is 2.56. The Morgan fingerprint density at radius 1 is 1.17 bits per heavy atom. The summed E-state index contributed by atoms with van der Waals surface area (Å²) in [5.74, 6) is 0.916. The van der Waals surface area contributed by atoms with Crippen LogP contribution in [0, 0.1) is 6.92 Å². The fraction of sp³-hybridized carbons (Fsp3) is 0.278.